The van der Waals surface area contributed by atoms with Crippen LogP contribution in [0.3, 0.4) is 0 Å². The molecular weight excluding hydrogens is 250 g/mol. The number of hydrogen-bond donors (Lipinski definition) is 1. The summed E-state index contributed by atoms with van der Waals surface area (Å²) in [5.41, 5.74) is 0. The van der Waals surface area contributed by atoms with Gasteiger partial charge in [-0.3, -0.25) is 9.59 Å². The molecule has 0 spiro atoms. The van der Waals surface area contributed by atoms with Crippen LogP contribution in [0.15, 0.2) is 0 Å². The SMILES string of the molecule is CCC(=O)N1CSCC1C(=O)N1CCNCC1C. The molecule has 18 heavy (non-hydrogen) atoms. The molecule has 2 heterocycles. The Kier molecular flexibility index (Phi) is 4.50. The summed E-state index contributed by atoms with van der Waals surface area (Å²) < 4.78 is 0. The number of thioether (sulfide) groups is 1. The number of carbonyl (C=O) groups excluding carboxylic acids is 2. The predicted octanol–water partition coefficient (Wildman–Crippen LogP) is 0.118. The van der Waals surface area contributed by atoms with Gasteiger partial charge in [-0.15, -0.1) is 11.8 Å². The Labute approximate surface area is 112 Å². The minimum Gasteiger partial charge on any atom is -0.336 e. The van der Waals surface area contributed by atoms with Crippen molar-refractivity contribution in [2.45, 2.75) is 32.4 Å². The van der Waals surface area contributed by atoms with Crippen molar-refractivity contribution in [3.63, 3.8) is 0 Å². The van der Waals surface area contributed by atoms with Crippen LogP contribution in [0.1, 0.15) is 20.3 Å². The van der Waals surface area contributed by atoms with Crippen LogP contribution in [0, 0.1) is 0 Å². The Bertz CT molecular complexity index is 337. The van der Waals surface area contributed by atoms with Gasteiger partial charge in [0.05, 0.1) is 5.88 Å². The molecule has 0 aromatic carbocycles. The Hall–Kier alpha value is -0.750. The third kappa shape index (κ3) is 2.64. The van der Waals surface area contributed by atoms with Gasteiger partial charge in [-0.05, 0) is 6.92 Å². The first-order chi connectivity index (χ1) is 8.65. The zero-order chi connectivity index (χ0) is 13.1. The molecule has 0 aromatic rings. The lowest BCUT2D eigenvalue weighted by molar-refractivity contribution is -0.145. The summed E-state index contributed by atoms with van der Waals surface area (Å²) in [6.07, 6.45) is 0.474. The summed E-state index contributed by atoms with van der Waals surface area (Å²) in [7, 11) is 0. The summed E-state index contributed by atoms with van der Waals surface area (Å²) >= 11 is 1.67. The fraction of sp³-hybridized carbons (Fsp3) is 0.833. The molecule has 0 radical (unpaired) electrons. The second-order valence-electron chi connectivity index (χ2n) is 4.82. The fourth-order valence-corrected chi connectivity index (χ4v) is 3.63. The van der Waals surface area contributed by atoms with Crippen LogP contribution in [-0.4, -0.2) is 65.0 Å². The molecule has 0 saturated carbocycles. The predicted molar refractivity (Wildman–Crippen MR) is 72.3 cm³/mol. The molecule has 2 unspecified atom stereocenters. The van der Waals surface area contributed by atoms with E-state index in [9.17, 15) is 9.59 Å². The maximum Gasteiger partial charge on any atom is 0.246 e. The van der Waals surface area contributed by atoms with Crippen LogP contribution >= 0.6 is 11.8 Å². The highest BCUT2D eigenvalue weighted by Crippen LogP contribution is 2.24. The molecule has 0 aliphatic carbocycles. The molecule has 1 N–H and O–H groups in total. The molecule has 5 nitrogen and oxygen atoms in total. The number of nitrogens with zero attached hydrogens (tertiary/aromatic N) is 2. The Morgan fingerprint density at radius 3 is 2.83 bits per heavy atom. The molecule has 2 rings (SSSR count). The molecule has 2 saturated heterocycles. The van der Waals surface area contributed by atoms with Crippen LogP contribution in [0.5, 0.6) is 0 Å². The zero-order valence-corrected chi connectivity index (χ0v) is 11.8. The lowest BCUT2D eigenvalue weighted by Crippen LogP contribution is -2.57. The third-order valence-electron chi connectivity index (χ3n) is 3.57. The number of amides is 2. The highest BCUT2D eigenvalue weighted by Gasteiger charge is 2.38. The van der Waals surface area contributed by atoms with Gasteiger partial charge in [0.1, 0.15) is 6.04 Å². The summed E-state index contributed by atoms with van der Waals surface area (Å²) in [5.74, 6) is 1.60. The highest BCUT2D eigenvalue weighted by molar-refractivity contribution is 7.99. The smallest absolute Gasteiger partial charge is 0.246 e. The van der Waals surface area contributed by atoms with Crippen LogP contribution in [0.25, 0.3) is 0 Å². The number of rotatable bonds is 2. The van der Waals surface area contributed by atoms with Gasteiger partial charge in [0.15, 0.2) is 0 Å². The average Bonchev–Trinajstić information content (AvgIpc) is 2.86. The first kappa shape index (κ1) is 13.7. The molecule has 0 aromatic heterocycles. The van der Waals surface area contributed by atoms with E-state index in [0.29, 0.717) is 12.3 Å². The Morgan fingerprint density at radius 1 is 1.39 bits per heavy atom. The number of carbonyl (C=O) groups is 2. The van der Waals surface area contributed by atoms with Crippen LogP contribution in [-0.2, 0) is 9.59 Å². The molecule has 2 amide bonds. The van der Waals surface area contributed by atoms with Crippen molar-refractivity contribution in [1.82, 2.24) is 15.1 Å². The van der Waals surface area contributed by atoms with E-state index in [2.05, 4.69) is 12.2 Å². The minimum absolute atomic E-state index is 0.0844. The van der Waals surface area contributed by atoms with Crippen molar-refractivity contribution >= 4 is 23.6 Å². The highest BCUT2D eigenvalue weighted by atomic mass is 32.2. The van der Waals surface area contributed by atoms with E-state index >= 15 is 0 Å². The van der Waals surface area contributed by atoms with Gasteiger partial charge < -0.3 is 15.1 Å². The first-order valence-electron chi connectivity index (χ1n) is 6.53. The zero-order valence-electron chi connectivity index (χ0n) is 11.0. The monoisotopic (exact) mass is 271 g/mol. The lowest BCUT2D eigenvalue weighted by Gasteiger charge is -2.37. The molecular formula is C12H21N3O2S. The van der Waals surface area contributed by atoms with Crippen molar-refractivity contribution in [2.24, 2.45) is 0 Å². The van der Waals surface area contributed by atoms with Gasteiger partial charge in [0.2, 0.25) is 11.8 Å². The van der Waals surface area contributed by atoms with Gasteiger partial charge in [-0.2, -0.15) is 0 Å². The molecule has 6 heteroatoms. The minimum atomic E-state index is -0.247. The Balaban J connectivity index is 2.05. The summed E-state index contributed by atoms with van der Waals surface area (Å²) in [6.45, 7) is 6.33. The largest absolute Gasteiger partial charge is 0.336 e. The van der Waals surface area contributed by atoms with E-state index in [4.69, 9.17) is 0 Å². The summed E-state index contributed by atoms with van der Waals surface area (Å²) in [5, 5.41) is 3.28. The quantitative estimate of drug-likeness (QED) is 0.775. The second-order valence-corrected chi connectivity index (χ2v) is 5.82. The average molecular weight is 271 g/mol. The van der Waals surface area contributed by atoms with E-state index in [1.807, 2.05) is 11.8 Å². The van der Waals surface area contributed by atoms with Gasteiger partial charge >= 0.3 is 0 Å². The van der Waals surface area contributed by atoms with Gasteiger partial charge in [0, 0.05) is 37.8 Å². The van der Waals surface area contributed by atoms with Crippen molar-refractivity contribution in [1.29, 1.82) is 0 Å². The molecule has 2 atom stereocenters. The maximum absolute atomic E-state index is 12.5. The van der Waals surface area contributed by atoms with Gasteiger partial charge in [-0.1, -0.05) is 6.92 Å². The second kappa shape index (κ2) is 5.93. The number of hydrogen-bond acceptors (Lipinski definition) is 4. The van der Waals surface area contributed by atoms with E-state index in [0.717, 1.165) is 25.4 Å². The van der Waals surface area contributed by atoms with E-state index in [1.54, 1.807) is 16.7 Å². The Morgan fingerprint density at radius 2 is 2.17 bits per heavy atom. The van der Waals surface area contributed by atoms with E-state index < -0.39 is 0 Å². The number of piperazine rings is 1. The normalized spacial score (nSPS) is 28.6. The molecule has 102 valence electrons. The summed E-state index contributed by atoms with van der Waals surface area (Å²) in [4.78, 5) is 28.0. The molecule has 2 fully saturated rings. The molecule has 2 aliphatic heterocycles. The molecule has 2 aliphatic rings. The van der Waals surface area contributed by atoms with Crippen LogP contribution in [0.4, 0.5) is 0 Å². The van der Waals surface area contributed by atoms with Crippen molar-refractivity contribution in [3.05, 3.63) is 0 Å². The fourth-order valence-electron chi connectivity index (χ4n) is 2.46. The first-order valence-corrected chi connectivity index (χ1v) is 7.69. The molecule has 0 bridgehead atoms. The topological polar surface area (TPSA) is 52.7 Å². The van der Waals surface area contributed by atoms with Crippen molar-refractivity contribution in [3.8, 4) is 0 Å². The standard InChI is InChI=1S/C12H21N3O2S/c1-3-11(16)15-8-18-7-10(15)12(17)14-5-4-13-6-9(14)2/h9-10,13H,3-8H2,1-2H3. The van der Waals surface area contributed by atoms with Crippen LogP contribution < -0.4 is 5.32 Å². The maximum atomic E-state index is 12.5. The van der Waals surface area contributed by atoms with Gasteiger partial charge in [0.25, 0.3) is 0 Å². The van der Waals surface area contributed by atoms with Crippen LogP contribution in [0.2, 0.25) is 0 Å². The lowest BCUT2D eigenvalue weighted by atomic mass is 10.1. The van der Waals surface area contributed by atoms with E-state index in [-0.39, 0.29) is 23.9 Å². The van der Waals surface area contributed by atoms with Gasteiger partial charge in [-0.25, -0.2) is 0 Å². The van der Waals surface area contributed by atoms with E-state index in [1.165, 1.54) is 0 Å². The third-order valence-corrected chi connectivity index (χ3v) is 4.59. The number of nitrogens with one attached hydrogen (secondary N) is 1. The van der Waals surface area contributed by atoms with Crippen molar-refractivity contribution in [2.75, 3.05) is 31.3 Å². The summed E-state index contributed by atoms with van der Waals surface area (Å²) in [6, 6.07) is -0.0292. The van der Waals surface area contributed by atoms with Crippen molar-refractivity contribution < 1.29 is 9.59 Å².